The van der Waals surface area contributed by atoms with Gasteiger partial charge in [0, 0.05) is 17.9 Å². The molecule has 0 heterocycles. The number of hydrogen-bond acceptors (Lipinski definition) is 4. The van der Waals surface area contributed by atoms with E-state index < -0.39 is 30.1 Å². The first-order valence-corrected chi connectivity index (χ1v) is 11.1. The van der Waals surface area contributed by atoms with Crippen LogP contribution in [-0.4, -0.2) is 35.2 Å². The predicted octanol–water partition coefficient (Wildman–Crippen LogP) is 3.99. The highest BCUT2D eigenvalue weighted by Crippen LogP contribution is 2.13. The van der Waals surface area contributed by atoms with Crippen molar-refractivity contribution in [1.29, 1.82) is 0 Å². The highest BCUT2D eigenvalue weighted by molar-refractivity contribution is 6.30. The number of nitrogens with one attached hydrogen (secondary N) is 2. The molecule has 0 unspecified atom stereocenters. The average Bonchev–Trinajstić information content (AvgIpc) is 2.83. The Bertz CT molecular complexity index is 1110. The summed E-state index contributed by atoms with van der Waals surface area (Å²) in [6.07, 6.45) is -0.573. The average molecular weight is 481 g/mol. The minimum absolute atomic E-state index is 0.0398. The number of aliphatic carboxylic acids is 1. The third-order valence-electron chi connectivity index (χ3n) is 5.05. The molecule has 176 valence electrons. The van der Waals surface area contributed by atoms with Crippen LogP contribution in [-0.2, 0) is 33.8 Å². The van der Waals surface area contributed by atoms with Crippen LogP contribution in [0.3, 0.4) is 0 Å². The van der Waals surface area contributed by atoms with Crippen LogP contribution in [0.4, 0.5) is 4.79 Å². The zero-order chi connectivity index (χ0) is 24.3. The first-order valence-electron chi connectivity index (χ1n) is 10.7. The fourth-order valence-electron chi connectivity index (χ4n) is 3.34. The largest absolute Gasteiger partial charge is 0.480 e. The Balaban J connectivity index is 1.69. The molecular weight excluding hydrogens is 456 g/mol. The molecule has 0 aliphatic heterocycles. The summed E-state index contributed by atoms with van der Waals surface area (Å²) < 4.78 is 5.25. The molecule has 0 saturated heterocycles. The van der Waals surface area contributed by atoms with Gasteiger partial charge in [-0.05, 0) is 28.8 Å². The second-order valence-corrected chi connectivity index (χ2v) is 8.12. The van der Waals surface area contributed by atoms with Gasteiger partial charge in [0.2, 0.25) is 5.91 Å². The number of alkyl carbamates (subject to hydrolysis) is 1. The van der Waals surface area contributed by atoms with Crippen molar-refractivity contribution in [1.82, 2.24) is 10.6 Å². The summed E-state index contributed by atoms with van der Waals surface area (Å²) in [4.78, 5) is 37.3. The lowest BCUT2D eigenvalue weighted by Crippen LogP contribution is -2.53. The Kier molecular flexibility index (Phi) is 9.05. The van der Waals surface area contributed by atoms with E-state index in [0.717, 1.165) is 11.1 Å². The quantitative estimate of drug-likeness (QED) is 0.407. The molecule has 0 aliphatic carbocycles. The van der Waals surface area contributed by atoms with E-state index in [4.69, 9.17) is 16.3 Å². The van der Waals surface area contributed by atoms with Gasteiger partial charge in [-0.1, -0.05) is 84.4 Å². The van der Waals surface area contributed by atoms with Crippen molar-refractivity contribution < 1.29 is 24.2 Å². The summed E-state index contributed by atoms with van der Waals surface area (Å²) in [7, 11) is 0. The molecule has 2 atom stereocenters. The Morgan fingerprint density at radius 2 is 1.35 bits per heavy atom. The van der Waals surface area contributed by atoms with Crippen molar-refractivity contribution in [2.45, 2.75) is 31.5 Å². The van der Waals surface area contributed by atoms with E-state index >= 15 is 0 Å². The Morgan fingerprint density at radius 3 is 1.97 bits per heavy atom. The van der Waals surface area contributed by atoms with Gasteiger partial charge in [-0.15, -0.1) is 0 Å². The highest BCUT2D eigenvalue weighted by Gasteiger charge is 2.27. The van der Waals surface area contributed by atoms with Crippen molar-refractivity contribution in [3.8, 4) is 0 Å². The smallest absolute Gasteiger partial charge is 0.408 e. The van der Waals surface area contributed by atoms with Crippen molar-refractivity contribution in [2.24, 2.45) is 0 Å². The van der Waals surface area contributed by atoms with Crippen LogP contribution < -0.4 is 10.6 Å². The van der Waals surface area contributed by atoms with E-state index in [0.29, 0.717) is 10.6 Å². The number of hydrogen-bond donors (Lipinski definition) is 3. The summed E-state index contributed by atoms with van der Waals surface area (Å²) in [5.74, 6) is -1.83. The lowest BCUT2D eigenvalue weighted by molar-refractivity contribution is -0.142. The summed E-state index contributed by atoms with van der Waals surface area (Å²) >= 11 is 5.99. The molecule has 3 N–H and O–H groups in total. The maximum absolute atomic E-state index is 13.1. The van der Waals surface area contributed by atoms with E-state index in [9.17, 15) is 19.5 Å². The third-order valence-corrected chi connectivity index (χ3v) is 5.28. The predicted molar refractivity (Wildman–Crippen MR) is 128 cm³/mol. The third kappa shape index (κ3) is 7.94. The van der Waals surface area contributed by atoms with Crippen LogP contribution in [0.1, 0.15) is 16.7 Å². The standard InChI is InChI=1S/C26H25ClN2O5/c27-21-13-7-12-20(14-21)16-23(25(31)32)28-24(30)22(15-18-8-3-1-4-9-18)29-26(33)34-17-19-10-5-2-6-11-19/h1-14,22-23H,15-17H2,(H,28,30)(H,29,33)(H,31,32)/t22-,23+/m1/s1. The zero-order valence-corrected chi connectivity index (χ0v) is 19.1. The maximum atomic E-state index is 13.1. The van der Waals surface area contributed by atoms with E-state index in [-0.39, 0.29) is 19.4 Å². The topological polar surface area (TPSA) is 105 Å². The summed E-state index contributed by atoms with van der Waals surface area (Å²) in [6.45, 7) is 0.0405. The first-order chi connectivity index (χ1) is 16.4. The van der Waals surface area contributed by atoms with Gasteiger partial charge in [0.15, 0.2) is 0 Å². The minimum Gasteiger partial charge on any atom is -0.480 e. The number of ether oxygens (including phenoxy) is 1. The molecule has 0 spiro atoms. The lowest BCUT2D eigenvalue weighted by Gasteiger charge is -2.21. The van der Waals surface area contributed by atoms with Gasteiger partial charge in [-0.3, -0.25) is 4.79 Å². The Morgan fingerprint density at radius 1 is 0.765 bits per heavy atom. The van der Waals surface area contributed by atoms with Gasteiger partial charge in [0.05, 0.1) is 0 Å². The van der Waals surface area contributed by atoms with Gasteiger partial charge in [-0.25, -0.2) is 9.59 Å². The summed E-state index contributed by atoms with van der Waals surface area (Å²) in [6, 6.07) is 22.8. The molecule has 0 aliphatic rings. The summed E-state index contributed by atoms with van der Waals surface area (Å²) in [5, 5.41) is 15.2. The molecule has 8 heteroatoms. The van der Waals surface area contributed by atoms with Crippen LogP contribution in [0.5, 0.6) is 0 Å². The van der Waals surface area contributed by atoms with E-state index in [2.05, 4.69) is 10.6 Å². The number of halogens is 1. The van der Waals surface area contributed by atoms with Crippen LogP contribution in [0, 0.1) is 0 Å². The first kappa shape index (κ1) is 24.8. The monoisotopic (exact) mass is 480 g/mol. The molecule has 0 saturated carbocycles. The molecule has 3 aromatic rings. The number of carboxylic acid groups (broad SMARTS) is 1. The molecule has 3 aromatic carbocycles. The van der Waals surface area contributed by atoms with Gasteiger partial charge >= 0.3 is 12.1 Å². The Labute approximate surface area is 202 Å². The number of carbonyl (C=O) groups is 3. The molecular formula is C26H25ClN2O5. The van der Waals surface area contributed by atoms with Crippen molar-refractivity contribution in [3.63, 3.8) is 0 Å². The maximum Gasteiger partial charge on any atom is 0.408 e. The van der Waals surface area contributed by atoms with Gasteiger partial charge in [0.25, 0.3) is 0 Å². The molecule has 0 bridgehead atoms. The van der Waals surface area contributed by atoms with Crippen LogP contribution in [0.15, 0.2) is 84.9 Å². The normalized spacial score (nSPS) is 12.3. The van der Waals surface area contributed by atoms with Crippen LogP contribution >= 0.6 is 11.6 Å². The van der Waals surface area contributed by atoms with Crippen LogP contribution in [0.2, 0.25) is 5.02 Å². The highest BCUT2D eigenvalue weighted by atomic mass is 35.5. The second kappa shape index (κ2) is 12.4. The molecule has 0 aromatic heterocycles. The number of rotatable bonds is 10. The van der Waals surface area contributed by atoms with E-state index in [1.54, 1.807) is 24.3 Å². The molecule has 0 fully saturated rings. The van der Waals surface area contributed by atoms with Crippen LogP contribution in [0.25, 0.3) is 0 Å². The minimum atomic E-state index is -1.20. The fraction of sp³-hybridized carbons (Fsp3) is 0.192. The SMILES string of the molecule is O=C(N[C@H](Cc1ccccc1)C(=O)N[C@@H](Cc1cccc(Cl)c1)C(=O)O)OCc1ccccc1. The number of carboxylic acids is 1. The van der Waals surface area contributed by atoms with E-state index in [1.807, 2.05) is 60.7 Å². The molecule has 2 amide bonds. The molecule has 7 nitrogen and oxygen atoms in total. The van der Waals surface area contributed by atoms with Gasteiger partial charge in [-0.2, -0.15) is 0 Å². The van der Waals surface area contributed by atoms with Gasteiger partial charge < -0.3 is 20.5 Å². The number of carbonyl (C=O) groups excluding carboxylic acids is 2. The van der Waals surface area contributed by atoms with Crippen molar-refractivity contribution >= 4 is 29.6 Å². The number of amides is 2. The lowest BCUT2D eigenvalue weighted by atomic mass is 10.0. The van der Waals surface area contributed by atoms with Gasteiger partial charge in [0.1, 0.15) is 18.7 Å². The Hall–Kier alpha value is -3.84. The number of benzene rings is 3. The second-order valence-electron chi connectivity index (χ2n) is 7.68. The van der Waals surface area contributed by atoms with Crippen molar-refractivity contribution in [3.05, 3.63) is 107 Å². The molecule has 0 radical (unpaired) electrons. The fourth-order valence-corrected chi connectivity index (χ4v) is 3.55. The molecule has 3 rings (SSSR count). The zero-order valence-electron chi connectivity index (χ0n) is 18.3. The van der Waals surface area contributed by atoms with Crippen molar-refractivity contribution in [2.75, 3.05) is 0 Å². The summed E-state index contributed by atoms with van der Waals surface area (Å²) in [5.41, 5.74) is 2.26. The molecule has 34 heavy (non-hydrogen) atoms. The van der Waals surface area contributed by atoms with E-state index in [1.165, 1.54) is 0 Å².